The number of nitrogens with one attached hydrogen (secondary N) is 1. The summed E-state index contributed by atoms with van der Waals surface area (Å²) in [6.45, 7) is 1.82. The Morgan fingerprint density at radius 3 is 2.08 bits per heavy atom. The van der Waals surface area contributed by atoms with Crippen molar-refractivity contribution in [1.29, 1.82) is 0 Å². The first-order chi connectivity index (χ1) is 12.1. The number of carbonyl (C=O) groups is 1. The molecule has 0 saturated carbocycles. The van der Waals surface area contributed by atoms with E-state index >= 15 is 0 Å². The van der Waals surface area contributed by atoms with Gasteiger partial charge in [0.2, 0.25) is 5.91 Å². The van der Waals surface area contributed by atoms with Crippen LogP contribution in [0.2, 0.25) is 5.02 Å². The van der Waals surface area contributed by atoms with Crippen LogP contribution in [0.25, 0.3) is 0 Å². The molecule has 1 N–H and O–H groups in total. The van der Waals surface area contributed by atoms with Crippen LogP contribution in [0.1, 0.15) is 12.0 Å². The largest absolute Gasteiger partial charge is 0.744 e. The summed E-state index contributed by atoms with van der Waals surface area (Å²) < 4.78 is 31.2. The number of anilines is 1. The molecule has 0 aromatic heterocycles. The van der Waals surface area contributed by atoms with Crippen molar-refractivity contribution in [2.24, 2.45) is 0 Å². The molecule has 8 heteroatoms. The average molecular weight is 416 g/mol. The Hall–Kier alpha value is -1.54. The van der Waals surface area contributed by atoms with Gasteiger partial charge in [0.25, 0.3) is 0 Å². The fourth-order valence-electron chi connectivity index (χ4n) is 1.76. The standard InChI is InChI=1S/C11H14ClNOS.C7H8O3S/c1-15(2)8-7-11(14)13-10-5-3-9(12)4-6-10;1-6-2-4-7(5-3-6)11(8,9)10/h3-6H,7-8H2,1-2H3;2-5H,1H3,(H,8,9,10). The molecule has 2 aromatic carbocycles. The van der Waals surface area contributed by atoms with Crippen molar-refractivity contribution in [2.45, 2.75) is 18.2 Å². The molecule has 0 saturated heterocycles. The maximum atomic E-state index is 11.5. The van der Waals surface area contributed by atoms with E-state index in [2.05, 4.69) is 17.8 Å². The smallest absolute Gasteiger partial charge is 0.229 e. The van der Waals surface area contributed by atoms with E-state index in [0.29, 0.717) is 22.3 Å². The fourth-order valence-corrected chi connectivity index (χ4v) is 2.95. The van der Waals surface area contributed by atoms with Gasteiger partial charge >= 0.3 is 0 Å². The zero-order valence-electron chi connectivity index (χ0n) is 14.9. The van der Waals surface area contributed by atoms with Crippen molar-refractivity contribution >= 4 is 44.2 Å². The number of hydrogen-bond donors (Lipinski definition) is 1. The molecule has 0 aliphatic heterocycles. The molecule has 142 valence electrons. The zero-order valence-corrected chi connectivity index (χ0v) is 17.2. The molecule has 0 bridgehead atoms. The summed E-state index contributed by atoms with van der Waals surface area (Å²) in [5.41, 5.74) is 1.73. The van der Waals surface area contributed by atoms with Crippen LogP contribution < -0.4 is 5.32 Å². The molecule has 0 heterocycles. The maximum absolute atomic E-state index is 11.5. The summed E-state index contributed by atoms with van der Waals surface area (Å²) in [5, 5.41) is 3.51. The lowest BCUT2D eigenvalue weighted by Gasteiger charge is -2.05. The van der Waals surface area contributed by atoms with Crippen LogP contribution in [0.3, 0.4) is 0 Å². The summed E-state index contributed by atoms with van der Waals surface area (Å²) >= 11 is 5.74. The number of halogens is 1. The number of rotatable bonds is 5. The topological polar surface area (TPSA) is 86.3 Å². The van der Waals surface area contributed by atoms with Gasteiger partial charge in [-0.2, -0.15) is 0 Å². The minimum Gasteiger partial charge on any atom is -0.744 e. The third-order valence-corrected chi connectivity index (χ3v) is 5.30. The van der Waals surface area contributed by atoms with E-state index in [1.54, 1.807) is 36.4 Å². The summed E-state index contributed by atoms with van der Waals surface area (Å²) in [4.78, 5) is 11.3. The molecular weight excluding hydrogens is 394 g/mol. The van der Waals surface area contributed by atoms with Gasteiger partial charge in [0, 0.05) is 10.7 Å². The number of carbonyl (C=O) groups excluding carboxylic acids is 1. The molecular formula is C18H22ClNO4S2. The van der Waals surface area contributed by atoms with Gasteiger partial charge in [-0.1, -0.05) is 29.3 Å². The molecule has 0 spiro atoms. The summed E-state index contributed by atoms with van der Waals surface area (Å²) in [7, 11) is -3.95. The van der Waals surface area contributed by atoms with Crippen LogP contribution in [0.4, 0.5) is 5.69 Å². The highest BCUT2D eigenvalue weighted by molar-refractivity contribution is 7.95. The molecule has 0 aliphatic rings. The molecule has 2 aromatic rings. The second-order valence-electron chi connectivity index (χ2n) is 5.76. The van der Waals surface area contributed by atoms with E-state index in [1.165, 1.54) is 12.1 Å². The zero-order chi connectivity index (χ0) is 19.7. The average Bonchev–Trinajstić information content (AvgIpc) is 2.55. The van der Waals surface area contributed by atoms with Crippen LogP contribution in [-0.2, 0) is 25.8 Å². The summed E-state index contributed by atoms with van der Waals surface area (Å²) in [6, 6.07) is 12.9. The van der Waals surface area contributed by atoms with Gasteiger partial charge in [0.05, 0.1) is 23.8 Å². The summed E-state index contributed by atoms with van der Waals surface area (Å²) in [6.07, 6.45) is 4.85. The number of benzene rings is 2. The highest BCUT2D eigenvalue weighted by Gasteiger charge is 2.08. The van der Waals surface area contributed by atoms with Gasteiger partial charge in [-0.3, -0.25) is 4.79 Å². The Balaban J connectivity index is 0.000000273. The lowest BCUT2D eigenvalue weighted by molar-refractivity contribution is -0.115. The molecule has 5 nitrogen and oxygen atoms in total. The predicted molar refractivity (Wildman–Crippen MR) is 108 cm³/mol. The molecule has 2 rings (SSSR count). The van der Waals surface area contributed by atoms with Crippen molar-refractivity contribution in [3.8, 4) is 0 Å². The molecule has 0 fully saturated rings. The van der Waals surface area contributed by atoms with Crippen molar-refractivity contribution in [3.63, 3.8) is 0 Å². The number of aryl methyl sites for hydroxylation is 1. The van der Waals surface area contributed by atoms with Crippen LogP contribution in [-0.4, -0.2) is 37.1 Å². The third kappa shape index (κ3) is 9.24. The molecule has 0 atom stereocenters. The maximum Gasteiger partial charge on any atom is 0.229 e. The van der Waals surface area contributed by atoms with E-state index in [0.717, 1.165) is 17.0 Å². The lowest BCUT2D eigenvalue weighted by atomic mass is 10.2. The van der Waals surface area contributed by atoms with Crippen LogP contribution in [0, 0.1) is 6.92 Å². The van der Waals surface area contributed by atoms with Crippen LogP contribution in [0.5, 0.6) is 0 Å². The summed E-state index contributed by atoms with van der Waals surface area (Å²) in [5.74, 6) is 1.01. The van der Waals surface area contributed by atoms with Crippen LogP contribution >= 0.6 is 11.6 Å². The van der Waals surface area contributed by atoms with E-state index in [9.17, 15) is 17.8 Å². The van der Waals surface area contributed by atoms with Crippen molar-refractivity contribution in [1.82, 2.24) is 0 Å². The Kier molecular flexibility index (Phi) is 9.15. The first-order valence-corrected chi connectivity index (χ1v) is 11.7. The lowest BCUT2D eigenvalue weighted by Crippen LogP contribution is -2.16. The highest BCUT2D eigenvalue weighted by Crippen LogP contribution is 2.13. The SMILES string of the molecule is C[S+](C)CCC(=O)Nc1ccc(Cl)cc1.Cc1ccc(S(=O)(=O)[O-])cc1. The predicted octanol–water partition coefficient (Wildman–Crippen LogP) is 3.45. The molecule has 0 radical (unpaired) electrons. The van der Waals surface area contributed by atoms with Crippen molar-refractivity contribution in [3.05, 3.63) is 59.1 Å². The van der Waals surface area contributed by atoms with Gasteiger partial charge in [0.1, 0.15) is 15.9 Å². The van der Waals surface area contributed by atoms with E-state index in [1.807, 2.05) is 6.92 Å². The van der Waals surface area contributed by atoms with Gasteiger partial charge in [-0.15, -0.1) is 0 Å². The Labute approximate surface area is 162 Å². The third-order valence-electron chi connectivity index (χ3n) is 3.18. The molecule has 26 heavy (non-hydrogen) atoms. The Bertz CT molecular complexity index is 804. The van der Waals surface area contributed by atoms with E-state index in [4.69, 9.17) is 11.6 Å². The van der Waals surface area contributed by atoms with Gasteiger partial charge in [0.15, 0.2) is 0 Å². The number of amides is 1. The van der Waals surface area contributed by atoms with Gasteiger partial charge < -0.3 is 9.87 Å². The fraction of sp³-hybridized carbons (Fsp3) is 0.278. The molecule has 0 aliphatic carbocycles. The van der Waals surface area contributed by atoms with Crippen molar-refractivity contribution in [2.75, 3.05) is 23.6 Å². The Morgan fingerprint density at radius 1 is 1.08 bits per heavy atom. The first kappa shape index (κ1) is 22.5. The second kappa shape index (κ2) is 10.6. The Morgan fingerprint density at radius 2 is 1.62 bits per heavy atom. The molecule has 1 amide bonds. The highest BCUT2D eigenvalue weighted by atomic mass is 35.5. The first-order valence-electron chi connectivity index (χ1n) is 7.70. The minimum atomic E-state index is -4.27. The monoisotopic (exact) mass is 415 g/mol. The quantitative estimate of drug-likeness (QED) is 0.598. The minimum absolute atomic E-state index is 0.0681. The normalized spacial score (nSPS) is 10.8. The molecule has 0 unspecified atom stereocenters. The van der Waals surface area contributed by atoms with E-state index in [-0.39, 0.29) is 10.8 Å². The van der Waals surface area contributed by atoms with Crippen molar-refractivity contribution < 1.29 is 17.8 Å². The van der Waals surface area contributed by atoms with Gasteiger partial charge in [-0.05, 0) is 54.2 Å². The number of hydrogen-bond acceptors (Lipinski definition) is 4. The van der Waals surface area contributed by atoms with Gasteiger partial charge in [-0.25, -0.2) is 8.42 Å². The van der Waals surface area contributed by atoms with E-state index < -0.39 is 10.1 Å². The van der Waals surface area contributed by atoms with Crippen LogP contribution in [0.15, 0.2) is 53.4 Å². The second-order valence-corrected chi connectivity index (χ2v) is 9.96.